The van der Waals surface area contributed by atoms with Crippen LogP contribution in [0.4, 0.5) is 0 Å². The molecule has 0 aliphatic heterocycles. The van der Waals surface area contributed by atoms with E-state index in [-0.39, 0.29) is 29.7 Å². The Hall–Kier alpha value is -2.45. The van der Waals surface area contributed by atoms with Gasteiger partial charge in [0.1, 0.15) is 5.69 Å². The van der Waals surface area contributed by atoms with Gasteiger partial charge in [0, 0.05) is 24.3 Å². The first-order chi connectivity index (χ1) is 14.6. The van der Waals surface area contributed by atoms with Gasteiger partial charge in [0.15, 0.2) is 5.78 Å². The molecule has 1 heterocycles. The molecule has 0 bridgehead atoms. The number of ether oxygens (including phenoxy) is 1. The minimum atomic E-state index is -3.84. The van der Waals surface area contributed by atoms with E-state index in [1.54, 1.807) is 36.6 Å². The zero-order valence-corrected chi connectivity index (χ0v) is 20.0. The molecule has 1 aromatic heterocycles. The predicted molar refractivity (Wildman–Crippen MR) is 120 cm³/mol. The van der Waals surface area contributed by atoms with Gasteiger partial charge in [-0.3, -0.25) is 4.79 Å². The minimum absolute atomic E-state index is 0.154. The third kappa shape index (κ3) is 5.25. The fraction of sp³-hybridized carbons (Fsp3) is 0.478. The average molecular weight is 449 g/mol. The van der Waals surface area contributed by atoms with Gasteiger partial charge >= 0.3 is 5.97 Å². The van der Waals surface area contributed by atoms with Gasteiger partial charge in [-0.1, -0.05) is 32.0 Å². The molecule has 0 saturated heterocycles. The number of benzene rings is 1. The quantitative estimate of drug-likeness (QED) is 0.407. The Morgan fingerprint density at radius 2 is 1.74 bits per heavy atom. The number of hydrogen-bond donors (Lipinski definition) is 0. The maximum absolute atomic E-state index is 13.3. The van der Waals surface area contributed by atoms with Crippen molar-refractivity contribution in [3.63, 3.8) is 0 Å². The maximum atomic E-state index is 13.3. The molecule has 2 aromatic rings. The fourth-order valence-corrected chi connectivity index (χ4v) is 5.16. The van der Waals surface area contributed by atoms with Crippen LogP contribution in [0.3, 0.4) is 0 Å². The number of sulfonamides is 1. The number of carbonyl (C=O) groups excluding carboxylic acids is 2. The number of rotatable bonds is 10. The van der Waals surface area contributed by atoms with Crippen molar-refractivity contribution in [2.45, 2.75) is 52.5 Å². The molecule has 170 valence electrons. The van der Waals surface area contributed by atoms with E-state index in [1.807, 2.05) is 20.8 Å². The van der Waals surface area contributed by atoms with Gasteiger partial charge in [-0.15, -0.1) is 0 Å². The lowest BCUT2D eigenvalue weighted by Gasteiger charge is -2.22. The molecule has 0 saturated carbocycles. The number of nitrogens with zero attached hydrogens (tertiary/aromatic N) is 2. The molecule has 8 heteroatoms. The summed E-state index contributed by atoms with van der Waals surface area (Å²) >= 11 is 0. The molecule has 0 N–H and O–H groups in total. The van der Waals surface area contributed by atoms with E-state index in [9.17, 15) is 18.0 Å². The number of methoxy groups -OCH3 is 1. The molecule has 0 atom stereocenters. The van der Waals surface area contributed by atoms with E-state index in [4.69, 9.17) is 4.74 Å². The number of esters is 1. The van der Waals surface area contributed by atoms with Crippen LogP contribution in [0.25, 0.3) is 0 Å². The van der Waals surface area contributed by atoms with Crippen LogP contribution in [0, 0.1) is 19.8 Å². The molecule has 2 rings (SSSR count). The van der Waals surface area contributed by atoms with Crippen LogP contribution in [0.2, 0.25) is 0 Å². The lowest BCUT2D eigenvalue weighted by molar-refractivity contribution is 0.0587. The van der Waals surface area contributed by atoms with Gasteiger partial charge in [-0.2, -0.15) is 4.31 Å². The summed E-state index contributed by atoms with van der Waals surface area (Å²) in [5.74, 6) is -0.579. The van der Waals surface area contributed by atoms with Crippen LogP contribution < -0.4 is 0 Å². The largest absolute Gasteiger partial charge is 0.464 e. The second-order valence-corrected chi connectivity index (χ2v) is 9.87. The summed E-state index contributed by atoms with van der Waals surface area (Å²) < 4.78 is 34.4. The van der Waals surface area contributed by atoms with Crippen LogP contribution >= 0.6 is 0 Å². The van der Waals surface area contributed by atoms with E-state index >= 15 is 0 Å². The Kier molecular flexibility index (Phi) is 8.20. The predicted octanol–water partition coefficient (Wildman–Crippen LogP) is 3.83. The number of hydrogen-bond acceptors (Lipinski definition) is 5. The summed E-state index contributed by atoms with van der Waals surface area (Å²) in [6.45, 7) is 9.78. The summed E-state index contributed by atoms with van der Waals surface area (Å²) in [7, 11) is -2.54. The zero-order chi connectivity index (χ0) is 23.3. The summed E-state index contributed by atoms with van der Waals surface area (Å²) in [5, 5.41) is 0. The Labute approximate surface area is 185 Å². The molecule has 31 heavy (non-hydrogen) atoms. The fourth-order valence-electron chi connectivity index (χ4n) is 3.73. The van der Waals surface area contributed by atoms with Crippen LogP contribution in [-0.2, 0) is 21.3 Å². The second kappa shape index (κ2) is 10.2. The van der Waals surface area contributed by atoms with Gasteiger partial charge in [0.05, 0.1) is 18.6 Å². The van der Waals surface area contributed by atoms with Crippen molar-refractivity contribution in [3.8, 4) is 0 Å². The summed E-state index contributed by atoms with van der Waals surface area (Å²) in [6.07, 6.45) is 0.626. The number of Topliss-reactive ketones (excluding diaryl/α,β-unsaturated/α-hetero) is 1. The molecule has 7 nitrogen and oxygen atoms in total. The number of ketones is 1. The SMILES string of the molecule is CCn1c(C)c(C(=O)CN(CCC(C)C)S(=O)(=O)c2ccccc2)c(C)c1C(=O)OC. The van der Waals surface area contributed by atoms with Crippen molar-refractivity contribution in [3.05, 3.63) is 52.8 Å². The topological polar surface area (TPSA) is 85.7 Å². The van der Waals surface area contributed by atoms with E-state index < -0.39 is 16.0 Å². The lowest BCUT2D eigenvalue weighted by atomic mass is 10.1. The van der Waals surface area contributed by atoms with E-state index in [2.05, 4.69) is 0 Å². The highest BCUT2D eigenvalue weighted by Gasteiger charge is 2.31. The third-order valence-electron chi connectivity index (χ3n) is 5.40. The Morgan fingerprint density at radius 1 is 1.13 bits per heavy atom. The molecule has 0 aliphatic carbocycles. The summed E-state index contributed by atoms with van der Waals surface area (Å²) in [4.78, 5) is 25.8. The summed E-state index contributed by atoms with van der Waals surface area (Å²) in [6, 6.07) is 8.13. The van der Waals surface area contributed by atoms with Crippen molar-refractivity contribution in [1.29, 1.82) is 0 Å². The van der Waals surface area contributed by atoms with Crippen LogP contribution in [-0.4, -0.2) is 49.2 Å². The number of carbonyl (C=O) groups is 2. The highest BCUT2D eigenvalue weighted by Crippen LogP contribution is 2.25. The first-order valence-electron chi connectivity index (χ1n) is 10.4. The molecular formula is C23H32N2O5S. The monoisotopic (exact) mass is 448 g/mol. The molecule has 0 unspecified atom stereocenters. The van der Waals surface area contributed by atoms with Crippen molar-refractivity contribution in [2.24, 2.45) is 5.92 Å². The van der Waals surface area contributed by atoms with E-state index in [0.717, 1.165) is 0 Å². The van der Waals surface area contributed by atoms with Gasteiger partial charge < -0.3 is 9.30 Å². The lowest BCUT2D eigenvalue weighted by Crippen LogP contribution is -2.37. The zero-order valence-electron chi connectivity index (χ0n) is 19.1. The van der Waals surface area contributed by atoms with Crippen molar-refractivity contribution in [1.82, 2.24) is 8.87 Å². The first-order valence-corrected chi connectivity index (χ1v) is 11.9. The van der Waals surface area contributed by atoms with Crippen molar-refractivity contribution >= 4 is 21.8 Å². The van der Waals surface area contributed by atoms with Crippen LogP contribution in [0.1, 0.15) is 59.3 Å². The molecule has 0 amide bonds. The van der Waals surface area contributed by atoms with Gasteiger partial charge in [0.2, 0.25) is 10.0 Å². The molecular weight excluding hydrogens is 416 g/mol. The maximum Gasteiger partial charge on any atom is 0.354 e. The Balaban J connectivity index is 2.48. The molecule has 0 radical (unpaired) electrons. The molecule has 0 fully saturated rings. The average Bonchev–Trinajstić information content (AvgIpc) is 3.00. The van der Waals surface area contributed by atoms with Gasteiger partial charge in [0.25, 0.3) is 0 Å². The second-order valence-electron chi connectivity index (χ2n) is 7.93. The van der Waals surface area contributed by atoms with Crippen LogP contribution in [0.5, 0.6) is 0 Å². The normalized spacial score (nSPS) is 11.9. The Morgan fingerprint density at radius 3 is 2.26 bits per heavy atom. The molecule has 1 aromatic carbocycles. The first kappa shape index (κ1) is 24.8. The van der Waals surface area contributed by atoms with Crippen molar-refractivity contribution in [2.75, 3.05) is 20.2 Å². The van der Waals surface area contributed by atoms with E-state index in [1.165, 1.54) is 23.5 Å². The highest BCUT2D eigenvalue weighted by atomic mass is 32.2. The summed E-state index contributed by atoms with van der Waals surface area (Å²) in [5.41, 5.74) is 1.84. The van der Waals surface area contributed by atoms with Crippen molar-refractivity contribution < 1.29 is 22.7 Å². The highest BCUT2D eigenvalue weighted by molar-refractivity contribution is 7.89. The number of aromatic nitrogens is 1. The van der Waals surface area contributed by atoms with E-state index in [0.29, 0.717) is 35.5 Å². The smallest absolute Gasteiger partial charge is 0.354 e. The van der Waals surface area contributed by atoms with Crippen LogP contribution in [0.15, 0.2) is 35.2 Å². The molecule has 0 spiro atoms. The minimum Gasteiger partial charge on any atom is -0.464 e. The van der Waals surface area contributed by atoms with Gasteiger partial charge in [-0.05, 0) is 50.8 Å². The third-order valence-corrected chi connectivity index (χ3v) is 7.26. The molecule has 0 aliphatic rings. The van der Waals surface area contributed by atoms with Gasteiger partial charge in [-0.25, -0.2) is 13.2 Å². The Bertz CT molecular complexity index is 1040. The standard InChI is InChI=1S/C23H32N2O5S/c1-7-25-18(5)21(17(4)22(25)23(27)30-6)20(26)15-24(14-13-16(2)3)31(28,29)19-11-9-8-10-12-19/h8-12,16H,7,13-15H2,1-6H3.